The standard InChI is InChI=1S/C15H30O4Si/c1-12(8-9-14(17)18-5)13(16)10-11-19-20(6,7)15(2,3)4/h8-9,12-13,16H,10-11H2,1-7H3/b9-8+/t12-,13+/m0/s1. The number of hydrogen-bond acceptors (Lipinski definition) is 4. The molecule has 0 aromatic heterocycles. The van der Waals surface area contributed by atoms with Crippen molar-refractivity contribution in [2.24, 2.45) is 5.92 Å². The Morgan fingerprint density at radius 3 is 2.35 bits per heavy atom. The van der Waals surface area contributed by atoms with Crippen LogP contribution in [0.4, 0.5) is 0 Å². The van der Waals surface area contributed by atoms with Gasteiger partial charge in [-0.1, -0.05) is 33.8 Å². The Morgan fingerprint density at radius 1 is 1.35 bits per heavy atom. The minimum atomic E-state index is -1.75. The molecular weight excluding hydrogens is 272 g/mol. The number of aliphatic hydroxyl groups excluding tert-OH is 1. The largest absolute Gasteiger partial charge is 0.466 e. The fourth-order valence-corrected chi connectivity index (χ4v) is 2.40. The summed E-state index contributed by atoms with van der Waals surface area (Å²) in [4.78, 5) is 11.0. The Kier molecular flexibility index (Phi) is 7.69. The van der Waals surface area contributed by atoms with E-state index < -0.39 is 20.4 Å². The van der Waals surface area contributed by atoms with E-state index in [4.69, 9.17) is 4.43 Å². The molecule has 118 valence electrons. The zero-order valence-corrected chi connectivity index (χ0v) is 14.9. The number of hydrogen-bond donors (Lipinski definition) is 1. The molecule has 20 heavy (non-hydrogen) atoms. The summed E-state index contributed by atoms with van der Waals surface area (Å²) in [7, 11) is -0.418. The number of carbonyl (C=O) groups excluding carboxylic acids is 1. The van der Waals surface area contributed by atoms with Crippen LogP contribution in [0.25, 0.3) is 0 Å². The molecule has 0 aliphatic rings. The first-order valence-electron chi connectivity index (χ1n) is 7.09. The van der Waals surface area contributed by atoms with Crippen molar-refractivity contribution >= 4 is 14.3 Å². The number of carbonyl (C=O) groups is 1. The summed E-state index contributed by atoms with van der Waals surface area (Å²) in [6.07, 6.45) is 3.07. The molecule has 0 aromatic rings. The summed E-state index contributed by atoms with van der Waals surface area (Å²) in [5.41, 5.74) is 0. The molecule has 2 atom stereocenters. The van der Waals surface area contributed by atoms with Crippen LogP contribution in [-0.4, -0.2) is 39.2 Å². The third-order valence-electron chi connectivity index (χ3n) is 4.03. The minimum Gasteiger partial charge on any atom is -0.466 e. The van der Waals surface area contributed by atoms with Crippen molar-refractivity contribution < 1.29 is 19.1 Å². The van der Waals surface area contributed by atoms with Crippen LogP contribution < -0.4 is 0 Å². The number of esters is 1. The second kappa shape index (κ2) is 7.95. The molecule has 0 unspecified atom stereocenters. The third kappa shape index (κ3) is 6.68. The van der Waals surface area contributed by atoms with Crippen LogP contribution in [0.15, 0.2) is 12.2 Å². The van der Waals surface area contributed by atoms with Crippen molar-refractivity contribution in [1.82, 2.24) is 0 Å². The van der Waals surface area contributed by atoms with E-state index in [2.05, 4.69) is 38.6 Å². The Labute approximate surface area is 124 Å². The molecule has 0 saturated heterocycles. The van der Waals surface area contributed by atoms with E-state index in [1.165, 1.54) is 13.2 Å². The molecule has 0 saturated carbocycles. The van der Waals surface area contributed by atoms with Gasteiger partial charge in [0, 0.05) is 18.6 Å². The van der Waals surface area contributed by atoms with E-state index in [1.54, 1.807) is 6.08 Å². The summed E-state index contributed by atoms with van der Waals surface area (Å²) >= 11 is 0. The van der Waals surface area contributed by atoms with E-state index in [1.807, 2.05) is 6.92 Å². The molecule has 0 amide bonds. The van der Waals surface area contributed by atoms with E-state index in [0.29, 0.717) is 13.0 Å². The van der Waals surface area contributed by atoms with Gasteiger partial charge in [-0.05, 0) is 24.6 Å². The lowest BCUT2D eigenvalue weighted by Gasteiger charge is -2.36. The van der Waals surface area contributed by atoms with Gasteiger partial charge in [-0.3, -0.25) is 0 Å². The lowest BCUT2D eigenvalue weighted by molar-refractivity contribution is -0.134. The average molecular weight is 302 g/mol. The number of methoxy groups -OCH3 is 1. The molecule has 0 rings (SSSR count). The highest BCUT2D eigenvalue weighted by Crippen LogP contribution is 2.36. The van der Waals surface area contributed by atoms with Crippen LogP contribution in [-0.2, 0) is 14.0 Å². The number of rotatable bonds is 7. The molecule has 0 radical (unpaired) electrons. The van der Waals surface area contributed by atoms with Crippen LogP contribution >= 0.6 is 0 Å². The van der Waals surface area contributed by atoms with Gasteiger partial charge < -0.3 is 14.3 Å². The van der Waals surface area contributed by atoms with Gasteiger partial charge in [0.15, 0.2) is 8.32 Å². The fourth-order valence-electron chi connectivity index (χ4n) is 1.34. The molecule has 1 N–H and O–H groups in total. The summed E-state index contributed by atoms with van der Waals surface area (Å²) < 4.78 is 10.5. The SMILES string of the molecule is COC(=O)/C=C/[C@H](C)[C@H](O)CCO[Si](C)(C)C(C)(C)C. The zero-order valence-electron chi connectivity index (χ0n) is 13.9. The molecule has 0 fully saturated rings. The van der Waals surface area contributed by atoms with Crippen LogP contribution in [0, 0.1) is 5.92 Å². The fraction of sp³-hybridized carbons (Fsp3) is 0.800. The van der Waals surface area contributed by atoms with Gasteiger partial charge in [-0.15, -0.1) is 0 Å². The molecular formula is C15H30O4Si. The summed E-state index contributed by atoms with van der Waals surface area (Å²) in [5.74, 6) is -0.501. The quantitative estimate of drug-likeness (QED) is 0.446. The topological polar surface area (TPSA) is 55.8 Å². The Morgan fingerprint density at radius 2 is 1.90 bits per heavy atom. The predicted molar refractivity (Wildman–Crippen MR) is 84.1 cm³/mol. The second-order valence-corrected chi connectivity index (χ2v) is 11.5. The highest BCUT2D eigenvalue weighted by atomic mass is 28.4. The van der Waals surface area contributed by atoms with Crippen LogP contribution in [0.3, 0.4) is 0 Å². The maximum Gasteiger partial charge on any atom is 0.330 e. The smallest absolute Gasteiger partial charge is 0.330 e. The van der Waals surface area contributed by atoms with E-state index >= 15 is 0 Å². The average Bonchev–Trinajstić information content (AvgIpc) is 2.33. The number of ether oxygens (including phenoxy) is 1. The van der Waals surface area contributed by atoms with Gasteiger partial charge in [-0.25, -0.2) is 4.79 Å². The minimum absolute atomic E-state index is 0.0999. The Bertz CT molecular complexity index is 331. The normalized spacial score (nSPS) is 16.2. The van der Waals surface area contributed by atoms with Gasteiger partial charge in [0.25, 0.3) is 0 Å². The van der Waals surface area contributed by atoms with Crippen molar-refractivity contribution in [1.29, 1.82) is 0 Å². The molecule has 0 aromatic carbocycles. The van der Waals surface area contributed by atoms with E-state index in [0.717, 1.165) is 0 Å². The predicted octanol–water partition coefficient (Wildman–Crippen LogP) is 3.12. The zero-order chi connectivity index (χ0) is 16.0. The first kappa shape index (κ1) is 19.3. The Balaban J connectivity index is 4.20. The van der Waals surface area contributed by atoms with Gasteiger partial charge in [0.1, 0.15) is 0 Å². The molecule has 5 heteroatoms. The maximum absolute atomic E-state index is 11.0. The lowest BCUT2D eigenvalue weighted by Crippen LogP contribution is -2.41. The second-order valence-electron chi connectivity index (χ2n) is 6.71. The van der Waals surface area contributed by atoms with Crippen LogP contribution in [0.5, 0.6) is 0 Å². The lowest BCUT2D eigenvalue weighted by atomic mass is 10.0. The molecule has 0 heterocycles. The van der Waals surface area contributed by atoms with Crippen molar-refractivity contribution in [3.05, 3.63) is 12.2 Å². The molecule has 0 spiro atoms. The highest BCUT2D eigenvalue weighted by Gasteiger charge is 2.37. The molecule has 0 bridgehead atoms. The first-order valence-corrected chi connectivity index (χ1v) is 10.0. The van der Waals surface area contributed by atoms with Gasteiger partial charge >= 0.3 is 5.97 Å². The summed E-state index contributed by atoms with van der Waals surface area (Å²) in [6, 6.07) is 0. The van der Waals surface area contributed by atoms with Gasteiger partial charge in [-0.2, -0.15) is 0 Å². The van der Waals surface area contributed by atoms with Crippen LogP contribution in [0.1, 0.15) is 34.1 Å². The molecule has 0 aliphatic heterocycles. The summed E-state index contributed by atoms with van der Waals surface area (Å²) in [5, 5.41) is 10.2. The van der Waals surface area contributed by atoms with Gasteiger partial charge in [0.05, 0.1) is 13.2 Å². The summed E-state index contributed by atoms with van der Waals surface area (Å²) in [6.45, 7) is 13.4. The molecule has 0 aliphatic carbocycles. The maximum atomic E-state index is 11.0. The van der Waals surface area contributed by atoms with Gasteiger partial charge in [0.2, 0.25) is 0 Å². The first-order chi connectivity index (χ1) is 9.01. The van der Waals surface area contributed by atoms with E-state index in [9.17, 15) is 9.90 Å². The monoisotopic (exact) mass is 302 g/mol. The highest BCUT2D eigenvalue weighted by molar-refractivity contribution is 6.74. The van der Waals surface area contributed by atoms with Crippen molar-refractivity contribution in [2.45, 2.75) is 58.4 Å². The number of aliphatic hydroxyl groups is 1. The van der Waals surface area contributed by atoms with E-state index in [-0.39, 0.29) is 11.0 Å². The molecule has 4 nitrogen and oxygen atoms in total. The van der Waals surface area contributed by atoms with Crippen LogP contribution in [0.2, 0.25) is 18.1 Å². The van der Waals surface area contributed by atoms with Crippen molar-refractivity contribution in [3.63, 3.8) is 0 Å². The third-order valence-corrected chi connectivity index (χ3v) is 8.56. The Hall–Kier alpha value is -0.653. The van der Waals surface area contributed by atoms with Crippen molar-refractivity contribution in [2.75, 3.05) is 13.7 Å². The van der Waals surface area contributed by atoms with Crippen molar-refractivity contribution in [3.8, 4) is 0 Å².